The number of nitrogens with zero attached hydrogens (tertiary/aromatic N) is 2. The fraction of sp³-hybridized carbons (Fsp3) is 0.357. The van der Waals surface area contributed by atoms with Crippen molar-refractivity contribution < 1.29 is 13.5 Å². The lowest BCUT2D eigenvalue weighted by atomic mass is 10.1. The van der Waals surface area contributed by atoms with Crippen molar-refractivity contribution in [3.8, 4) is 5.75 Å². The topological polar surface area (TPSA) is 39.1 Å². The highest BCUT2D eigenvalue weighted by atomic mass is 19.3. The number of rotatable bonds is 6. The van der Waals surface area contributed by atoms with Crippen LogP contribution in [0.2, 0.25) is 0 Å². The van der Waals surface area contributed by atoms with Gasteiger partial charge in [-0.25, -0.2) is 4.98 Å². The second kappa shape index (κ2) is 6.47. The van der Waals surface area contributed by atoms with Gasteiger partial charge in [0.15, 0.2) is 0 Å². The summed E-state index contributed by atoms with van der Waals surface area (Å²) in [4.78, 5) is 3.93. The van der Waals surface area contributed by atoms with E-state index in [1.54, 1.807) is 7.11 Å². The SMILES string of the molecule is COc1ccc([C@@H](C)NCc2nccn2C(F)F)cc1. The maximum absolute atomic E-state index is 12.7. The number of hydrogen-bond acceptors (Lipinski definition) is 3. The van der Waals surface area contributed by atoms with E-state index in [1.807, 2.05) is 31.2 Å². The predicted octanol–water partition coefficient (Wildman–Crippen LogP) is 3.14. The van der Waals surface area contributed by atoms with E-state index in [0.29, 0.717) is 5.82 Å². The molecular formula is C14H17F2N3O. The van der Waals surface area contributed by atoms with E-state index in [1.165, 1.54) is 12.4 Å². The molecule has 0 bridgehead atoms. The fourth-order valence-corrected chi connectivity index (χ4v) is 1.91. The van der Waals surface area contributed by atoms with E-state index < -0.39 is 6.55 Å². The molecule has 1 atom stereocenters. The van der Waals surface area contributed by atoms with Gasteiger partial charge in [0.2, 0.25) is 0 Å². The van der Waals surface area contributed by atoms with Crippen LogP contribution in [0.15, 0.2) is 36.7 Å². The maximum Gasteiger partial charge on any atom is 0.319 e. The van der Waals surface area contributed by atoms with Crippen LogP contribution in [0.1, 0.15) is 30.9 Å². The Morgan fingerprint density at radius 2 is 2.00 bits per heavy atom. The highest BCUT2D eigenvalue weighted by molar-refractivity contribution is 5.28. The average Bonchev–Trinajstić information content (AvgIpc) is 2.93. The summed E-state index contributed by atoms with van der Waals surface area (Å²) in [6.07, 6.45) is 2.65. The molecule has 0 saturated heterocycles. The zero-order chi connectivity index (χ0) is 14.5. The zero-order valence-corrected chi connectivity index (χ0v) is 11.4. The van der Waals surface area contributed by atoms with Crippen molar-refractivity contribution in [3.63, 3.8) is 0 Å². The van der Waals surface area contributed by atoms with Crippen LogP contribution in [0.3, 0.4) is 0 Å². The summed E-state index contributed by atoms with van der Waals surface area (Å²) < 4.78 is 31.3. The molecule has 0 amide bonds. The summed E-state index contributed by atoms with van der Waals surface area (Å²) >= 11 is 0. The third-order valence-corrected chi connectivity index (χ3v) is 3.14. The Morgan fingerprint density at radius 1 is 1.30 bits per heavy atom. The Bertz CT molecular complexity index is 540. The van der Waals surface area contributed by atoms with E-state index >= 15 is 0 Å². The van der Waals surface area contributed by atoms with Gasteiger partial charge in [0, 0.05) is 18.4 Å². The summed E-state index contributed by atoms with van der Waals surface area (Å²) in [7, 11) is 1.61. The van der Waals surface area contributed by atoms with Gasteiger partial charge < -0.3 is 10.1 Å². The molecule has 0 saturated carbocycles. The lowest BCUT2D eigenvalue weighted by Crippen LogP contribution is -2.20. The highest BCUT2D eigenvalue weighted by Crippen LogP contribution is 2.18. The van der Waals surface area contributed by atoms with Crippen LogP contribution in [-0.2, 0) is 6.54 Å². The van der Waals surface area contributed by atoms with Gasteiger partial charge in [-0.3, -0.25) is 4.57 Å². The largest absolute Gasteiger partial charge is 0.497 e. The molecule has 2 rings (SSSR count). The minimum absolute atomic E-state index is 0.0312. The van der Waals surface area contributed by atoms with Crippen molar-refractivity contribution >= 4 is 0 Å². The van der Waals surface area contributed by atoms with Gasteiger partial charge >= 0.3 is 6.55 Å². The molecule has 1 heterocycles. The van der Waals surface area contributed by atoms with Gasteiger partial charge in [0.25, 0.3) is 0 Å². The second-order valence-corrected chi connectivity index (χ2v) is 4.40. The molecule has 108 valence electrons. The lowest BCUT2D eigenvalue weighted by Gasteiger charge is -2.15. The number of aromatic nitrogens is 2. The number of halogens is 2. The first-order chi connectivity index (χ1) is 9.61. The number of alkyl halides is 2. The number of nitrogens with one attached hydrogen (secondary N) is 1. The normalized spacial score (nSPS) is 12.7. The summed E-state index contributed by atoms with van der Waals surface area (Å²) in [5.41, 5.74) is 1.06. The highest BCUT2D eigenvalue weighted by Gasteiger charge is 2.12. The molecule has 0 aliphatic carbocycles. The molecule has 20 heavy (non-hydrogen) atoms. The summed E-state index contributed by atoms with van der Waals surface area (Å²) in [6.45, 7) is -0.312. The van der Waals surface area contributed by atoms with Crippen LogP contribution < -0.4 is 10.1 Å². The van der Waals surface area contributed by atoms with E-state index in [0.717, 1.165) is 15.9 Å². The molecule has 0 fully saturated rings. The van der Waals surface area contributed by atoms with Crippen molar-refractivity contribution in [2.24, 2.45) is 0 Å². The summed E-state index contributed by atoms with van der Waals surface area (Å²) in [5.74, 6) is 1.11. The molecule has 0 spiro atoms. The Hall–Kier alpha value is -1.95. The molecule has 6 heteroatoms. The minimum atomic E-state index is -2.56. The third-order valence-electron chi connectivity index (χ3n) is 3.14. The molecule has 2 aromatic rings. The van der Waals surface area contributed by atoms with Crippen molar-refractivity contribution in [3.05, 3.63) is 48.0 Å². The molecular weight excluding hydrogens is 264 g/mol. The number of benzene rings is 1. The van der Waals surface area contributed by atoms with E-state index in [4.69, 9.17) is 4.74 Å². The molecule has 0 radical (unpaired) electrons. The van der Waals surface area contributed by atoms with Crippen molar-refractivity contribution in [2.45, 2.75) is 26.1 Å². The van der Waals surface area contributed by atoms with Gasteiger partial charge in [-0.15, -0.1) is 0 Å². The van der Waals surface area contributed by atoms with Gasteiger partial charge in [-0.05, 0) is 24.6 Å². The second-order valence-electron chi connectivity index (χ2n) is 4.40. The maximum atomic E-state index is 12.7. The summed E-state index contributed by atoms with van der Waals surface area (Å²) in [6, 6.07) is 7.65. The van der Waals surface area contributed by atoms with Gasteiger partial charge in [-0.2, -0.15) is 8.78 Å². The van der Waals surface area contributed by atoms with Crippen LogP contribution in [0.25, 0.3) is 0 Å². The van der Waals surface area contributed by atoms with E-state index in [2.05, 4.69) is 10.3 Å². The Balaban J connectivity index is 1.97. The van der Waals surface area contributed by atoms with Crippen molar-refractivity contribution in [2.75, 3.05) is 7.11 Å². The first-order valence-electron chi connectivity index (χ1n) is 6.29. The monoisotopic (exact) mass is 281 g/mol. The molecule has 0 aliphatic rings. The van der Waals surface area contributed by atoms with Crippen LogP contribution in [-0.4, -0.2) is 16.7 Å². The average molecular weight is 281 g/mol. The third kappa shape index (κ3) is 3.33. The Morgan fingerprint density at radius 3 is 2.60 bits per heavy atom. The van der Waals surface area contributed by atoms with E-state index in [-0.39, 0.29) is 12.6 Å². The zero-order valence-electron chi connectivity index (χ0n) is 11.4. The summed E-state index contributed by atoms with van der Waals surface area (Å²) in [5, 5.41) is 3.18. The Kier molecular flexibility index (Phi) is 4.68. The lowest BCUT2D eigenvalue weighted by molar-refractivity contribution is 0.0665. The molecule has 1 aromatic heterocycles. The molecule has 1 N–H and O–H groups in total. The number of ether oxygens (including phenoxy) is 1. The Labute approximate surface area is 116 Å². The number of hydrogen-bond donors (Lipinski definition) is 1. The van der Waals surface area contributed by atoms with Crippen LogP contribution in [0, 0.1) is 0 Å². The number of imidazole rings is 1. The van der Waals surface area contributed by atoms with E-state index in [9.17, 15) is 8.78 Å². The van der Waals surface area contributed by atoms with Gasteiger partial charge in [0.1, 0.15) is 11.6 Å². The molecule has 1 aromatic carbocycles. The first-order valence-corrected chi connectivity index (χ1v) is 6.29. The minimum Gasteiger partial charge on any atom is -0.497 e. The molecule has 0 unspecified atom stereocenters. The quantitative estimate of drug-likeness (QED) is 0.884. The van der Waals surface area contributed by atoms with Gasteiger partial charge in [-0.1, -0.05) is 12.1 Å². The van der Waals surface area contributed by atoms with Crippen molar-refractivity contribution in [1.29, 1.82) is 0 Å². The van der Waals surface area contributed by atoms with Crippen LogP contribution in [0.4, 0.5) is 8.78 Å². The number of methoxy groups -OCH3 is 1. The molecule has 0 aliphatic heterocycles. The van der Waals surface area contributed by atoms with Crippen LogP contribution >= 0.6 is 0 Å². The van der Waals surface area contributed by atoms with Crippen LogP contribution in [0.5, 0.6) is 5.75 Å². The fourth-order valence-electron chi connectivity index (χ4n) is 1.91. The smallest absolute Gasteiger partial charge is 0.319 e. The van der Waals surface area contributed by atoms with Gasteiger partial charge in [0.05, 0.1) is 13.7 Å². The molecule has 4 nitrogen and oxygen atoms in total. The van der Waals surface area contributed by atoms with Crippen molar-refractivity contribution in [1.82, 2.24) is 14.9 Å². The standard InChI is InChI=1S/C14H17F2N3O/c1-10(11-3-5-12(20-2)6-4-11)18-9-13-17-7-8-19(13)14(15)16/h3-8,10,14,18H,9H2,1-2H3/t10-/m1/s1. The predicted molar refractivity (Wildman–Crippen MR) is 71.7 cm³/mol. The first kappa shape index (κ1) is 14.5.